The highest BCUT2D eigenvalue weighted by Crippen LogP contribution is 2.28. The van der Waals surface area contributed by atoms with Gasteiger partial charge in [-0.25, -0.2) is 4.99 Å². The third-order valence-corrected chi connectivity index (χ3v) is 4.07. The molecule has 0 radical (unpaired) electrons. The van der Waals surface area contributed by atoms with Crippen molar-refractivity contribution in [2.24, 2.45) is 10.9 Å². The van der Waals surface area contributed by atoms with Crippen molar-refractivity contribution in [3.63, 3.8) is 0 Å². The van der Waals surface area contributed by atoms with E-state index in [4.69, 9.17) is 17.0 Å². The fraction of sp³-hybridized carbons (Fsp3) is 0.312. The molecule has 0 fully saturated rings. The van der Waals surface area contributed by atoms with Crippen molar-refractivity contribution in [1.29, 1.82) is 0 Å². The molecule has 0 aliphatic carbocycles. The van der Waals surface area contributed by atoms with Crippen LogP contribution in [-0.4, -0.2) is 23.7 Å². The van der Waals surface area contributed by atoms with E-state index in [2.05, 4.69) is 16.4 Å². The number of nitrogens with zero attached hydrogens (tertiary/aromatic N) is 1. The molecule has 1 N–H and O–H groups in total. The summed E-state index contributed by atoms with van der Waals surface area (Å²) >= 11 is 5.11. The molecule has 0 saturated heterocycles. The number of nitrogens with one attached hydrogen (secondary N) is 1. The Bertz CT molecular complexity index is 652. The Kier molecular flexibility index (Phi) is 3.84. The Morgan fingerprint density at radius 1 is 1.52 bits per heavy atom. The van der Waals surface area contributed by atoms with Crippen LogP contribution in [0, 0.1) is 5.92 Å². The molecule has 1 aromatic rings. The van der Waals surface area contributed by atoms with Crippen molar-refractivity contribution >= 4 is 29.3 Å². The number of ether oxygens (including phenoxy) is 1. The van der Waals surface area contributed by atoms with Crippen LogP contribution in [0.5, 0.6) is 5.75 Å². The Morgan fingerprint density at radius 2 is 2.38 bits per heavy atom. The summed E-state index contributed by atoms with van der Waals surface area (Å²) in [6, 6.07) is 5.98. The Hall–Kier alpha value is -2.01. The number of thiocarbonyl (C=S) groups is 1. The number of dihydropyridines is 1. The van der Waals surface area contributed by atoms with E-state index in [9.17, 15) is 4.79 Å². The first-order chi connectivity index (χ1) is 10.1. The van der Waals surface area contributed by atoms with Gasteiger partial charge in [0.1, 0.15) is 16.7 Å². The normalized spacial score (nSPS) is 20.8. The van der Waals surface area contributed by atoms with Gasteiger partial charge in [-0.1, -0.05) is 24.4 Å². The zero-order valence-corrected chi connectivity index (χ0v) is 12.5. The maximum atomic E-state index is 12.3. The lowest BCUT2D eigenvalue weighted by atomic mass is 10.0. The molecule has 21 heavy (non-hydrogen) atoms. The molecule has 2 aliphatic rings. The molecule has 2 unspecified atom stereocenters. The number of carbonyl (C=O) groups excluding carboxylic acids is 1. The second-order valence-corrected chi connectivity index (χ2v) is 5.59. The Labute approximate surface area is 128 Å². The molecular weight excluding hydrogens is 284 g/mol. The molecule has 0 aromatic heterocycles. The SMILES string of the molecule is CC(NC(=O)C1C=CC=NC1=S)c1ccc2c(c1)CCO2. The second kappa shape index (κ2) is 5.77. The molecule has 2 atom stereocenters. The molecule has 0 bridgehead atoms. The lowest BCUT2D eigenvalue weighted by Gasteiger charge is -2.19. The summed E-state index contributed by atoms with van der Waals surface area (Å²) in [4.78, 5) is 16.7. The van der Waals surface area contributed by atoms with Gasteiger partial charge in [0, 0.05) is 12.6 Å². The van der Waals surface area contributed by atoms with Crippen LogP contribution in [-0.2, 0) is 11.2 Å². The number of fused-ring (bicyclic) bond motifs is 1. The first kappa shape index (κ1) is 13.9. The third-order valence-electron chi connectivity index (χ3n) is 3.71. The highest BCUT2D eigenvalue weighted by molar-refractivity contribution is 7.80. The van der Waals surface area contributed by atoms with E-state index in [0.717, 1.165) is 24.3 Å². The van der Waals surface area contributed by atoms with Gasteiger partial charge >= 0.3 is 0 Å². The van der Waals surface area contributed by atoms with E-state index in [-0.39, 0.29) is 11.9 Å². The van der Waals surface area contributed by atoms with Crippen molar-refractivity contribution in [2.75, 3.05) is 6.61 Å². The average Bonchev–Trinajstić information content (AvgIpc) is 2.94. The largest absolute Gasteiger partial charge is 0.493 e. The minimum absolute atomic E-state index is 0.0782. The number of rotatable bonds is 3. The lowest BCUT2D eigenvalue weighted by molar-refractivity contribution is -0.122. The van der Waals surface area contributed by atoms with Crippen LogP contribution < -0.4 is 10.1 Å². The van der Waals surface area contributed by atoms with E-state index < -0.39 is 5.92 Å². The van der Waals surface area contributed by atoms with Gasteiger partial charge in [-0.05, 0) is 36.3 Å². The lowest BCUT2D eigenvalue weighted by Crippen LogP contribution is -2.35. The summed E-state index contributed by atoms with van der Waals surface area (Å²) < 4.78 is 5.49. The van der Waals surface area contributed by atoms with Gasteiger partial charge in [0.2, 0.25) is 5.91 Å². The summed E-state index contributed by atoms with van der Waals surface area (Å²) in [5.41, 5.74) is 2.27. The van der Waals surface area contributed by atoms with Crippen molar-refractivity contribution in [1.82, 2.24) is 5.32 Å². The minimum Gasteiger partial charge on any atom is -0.493 e. The highest BCUT2D eigenvalue weighted by atomic mass is 32.1. The monoisotopic (exact) mass is 300 g/mol. The van der Waals surface area contributed by atoms with Gasteiger partial charge in [-0.15, -0.1) is 0 Å². The Morgan fingerprint density at radius 3 is 3.19 bits per heavy atom. The van der Waals surface area contributed by atoms with Gasteiger partial charge in [0.25, 0.3) is 0 Å². The summed E-state index contributed by atoms with van der Waals surface area (Å²) in [7, 11) is 0. The highest BCUT2D eigenvalue weighted by Gasteiger charge is 2.23. The molecule has 2 heterocycles. The van der Waals surface area contributed by atoms with Crippen molar-refractivity contribution in [2.45, 2.75) is 19.4 Å². The van der Waals surface area contributed by atoms with Gasteiger partial charge in [0.15, 0.2) is 0 Å². The van der Waals surface area contributed by atoms with Crippen LogP contribution in [0.2, 0.25) is 0 Å². The molecule has 0 spiro atoms. The smallest absolute Gasteiger partial charge is 0.234 e. The molecule has 2 aliphatic heterocycles. The fourth-order valence-electron chi connectivity index (χ4n) is 2.50. The van der Waals surface area contributed by atoms with E-state index in [1.54, 1.807) is 18.4 Å². The van der Waals surface area contributed by atoms with Gasteiger partial charge < -0.3 is 10.1 Å². The quantitative estimate of drug-likeness (QED) is 0.872. The fourth-order valence-corrected chi connectivity index (χ4v) is 2.75. The number of allylic oxidation sites excluding steroid dienone is 1. The molecule has 1 amide bonds. The standard InChI is InChI=1S/C16H16N2O2S/c1-10(11-4-5-14-12(9-11)6-8-20-14)18-15(19)13-3-2-7-17-16(13)21/h2-5,7,9-10,13H,6,8H2,1H3,(H,18,19). The van der Waals surface area contributed by atoms with Crippen LogP contribution in [0.4, 0.5) is 0 Å². The maximum Gasteiger partial charge on any atom is 0.234 e. The molecule has 0 saturated carbocycles. The first-order valence-electron chi connectivity index (χ1n) is 6.96. The number of hydrogen-bond donors (Lipinski definition) is 1. The number of aliphatic imine (C=N–C) groups is 1. The summed E-state index contributed by atoms with van der Waals surface area (Å²) in [5.74, 6) is 0.380. The van der Waals surface area contributed by atoms with E-state index in [1.807, 2.05) is 19.1 Å². The minimum atomic E-state index is -0.454. The van der Waals surface area contributed by atoms with Gasteiger partial charge in [-0.3, -0.25) is 4.79 Å². The van der Waals surface area contributed by atoms with Crippen molar-refractivity contribution in [3.8, 4) is 5.75 Å². The maximum absolute atomic E-state index is 12.3. The van der Waals surface area contributed by atoms with Crippen LogP contribution in [0.1, 0.15) is 24.1 Å². The zero-order valence-electron chi connectivity index (χ0n) is 11.7. The number of carbonyl (C=O) groups is 1. The topological polar surface area (TPSA) is 50.7 Å². The van der Waals surface area contributed by atoms with Crippen molar-refractivity contribution in [3.05, 3.63) is 41.5 Å². The van der Waals surface area contributed by atoms with E-state index in [0.29, 0.717) is 4.99 Å². The molecular formula is C16H16N2O2S. The zero-order chi connectivity index (χ0) is 14.8. The molecule has 4 nitrogen and oxygen atoms in total. The predicted octanol–water partition coefficient (Wildman–Crippen LogP) is 2.38. The number of benzene rings is 1. The summed E-state index contributed by atoms with van der Waals surface area (Å²) in [5, 5.41) is 3.00. The molecule has 1 aromatic carbocycles. The van der Waals surface area contributed by atoms with Gasteiger partial charge in [0.05, 0.1) is 12.6 Å². The number of hydrogen-bond acceptors (Lipinski definition) is 3. The average molecular weight is 300 g/mol. The van der Waals surface area contributed by atoms with E-state index >= 15 is 0 Å². The van der Waals surface area contributed by atoms with Crippen LogP contribution in [0.3, 0.4) is 0 Å². The molecule has 3 rings (SSSR count). The van der Waals surface area contributed by atoms with E-state index in [1.165, 1.54) is 5.56 Å². The predicted molar refractivity (Wildman–Crippen MR) is 85.9 cm³/mol. The van der Waals surface area contributed by atoms with Crippen molar-refractivity contribution < 1.29 is 9.53 Å². The Balaban J connectivity index is 1.70. The number of amides is 1. The van der Waals surface area contributed by atoms with Crippen LogP contribution >= 0.6 is 12.2 Å². The van der Waals surface area contributed by atoms with Crippen LogP contribution in [0.25, 0.3) is 0 Å². The van der Waals surface area contributed by atoms with Gasteiger partial charge in [-0.2, -0.15) is 0 Å². The third kappa shape index (κ3) is 2.88. The van der Waals surface area contributed by atoms with Crippen LogP contribution in [0.15, 0.2) is 35.3 Å². The summed E-state index contributed by atoms with van der Waals surface area (Å²) in [6.07, 6.45) is 6.05. The molecule has 108 valence electrons. The first-order valence-corrected chi connectivity index (χ1v) is 7.36. The molecule has 5 heteroatoms. The second-order valence-electron chi connectivity index (χ2n) is 5.17. The summed E-state index contributed by atoms with van der Waals surface area (Å²) in [6.45, 7) is 2.70.